The van der Waals surface area contributed by atoms with E-state index in [0.29, 0.717) is 5.75 Å². The minimum atomic E-state index is -0.693. The molecule has 28 heavy (non-hydrogen) atoms. The van der Waals surface area contributed by atoms with E-state index in [1.807, 2.05) is 32.9 Å². The predicted octanol–water partition coefficient (Wildman–Crippen LogP) is 3.45. The van der Waals surface area contributed by atoms with Gasteiger partial charge in [0.2, 0.25) is 5.91 Å². The van der Waals surface area contributed by atoms with Gasteiger partial charge in [-0.2, -0.15) is 0 Å². The molecule has 0 saturated carbocycles. The molecular weight excluding hydrogens is 359 g/mol. The molecule has 2 amide bonds. The summed E-state index contributed by atoms with van der Waals surface area (Å²) in [5.41, 5.74) is 1.82. The van der Waals surface area contributed by atoms with Gasteiger partial charge >= 0.3 is 0 Å². The molecular formula is C22H27FN2O3. The number of hydrogen-bond acceptors (Lipinski definition) is 3. The highest BCUT2D eigenvalue weighted by molar-refractivity contribution is 5.88. The van der Waals surface area contributed by atoms with Crippen molar-refractivity contribution in [3.8, 4) is 5.75 Å². The normalized spacial score (nSPS) is 11.8. The van der Waals surface area contributed by atoms with Gasteiger partial charge in [0, 0.05) is 12.6 Å². The van der Waals surface area contributed by atoms with Crippen LogP contribution in [0.4, 0.5) is 4.39 Å². The molecule has 0 fully saturated rings. The zero-order chi connectivity index (χ0) is 20.7. The fraction of sp³-hybridized carbons (Fsp3) is 0.364. The second-order valence-corrected chi connectivity index (χ2v) is 7.09. The Morgan fingerprint density at radius 2 is 1.64 bits per heavy atom. The van der Waals surface area contributed by atoms with E-state index in [0.717, 1.165) is 11.1 Å². The first kappa shape index (κ1) is 21.4. The van der Waals surface area contributed by atoms with E-state index in [4.69, 9.17) is 4.74 Å². The molecule has 0 radical (unpaired) electrons. The van der Waals surface area contributed by atoms with Crippen LogP contribution in [0, 0.1) is 12.7 Å². The average Bonchev–Trinajstić information content (AvgIpc) is 2.65. The summed E-state index contributed by atoms with van der Waals surface area (Å²) < 4.78 is 18.8. The van der Waals surface area contributed by atoms with Crippen LogP contribution in [0.2, 0.25) is 0 Å². The molecule has 1 N–H and O–H groups in total. The first-order chi connectivity index (χ1) is 13.3. The average molecular weight is 386 g/mol. The predicted molar refractivity (Wildman–Crippen MR) is 106 cm³/mol. The molecule has 1 atom stereocenters. The molecule has 0 aliphatic carbocycles. The summed E-state index contributed by atoms with van der Waals surface area (Å²) in [6, 6.07) is 12.5. The molecule has 150 valence electrons. The highest BCUT2D eigenvalue weighted by Gasteiger charge is 2.26. The van der Waals surface area contributed by atoms with Gasteiger partial charge in [-0.1, -0.05) is 29.8 Å². The lowest BCUT2D eigenvalue weighted by atomic mass is 10.1. The maximum Gasteiger partial charge on any atom is 0.261 e. The van der Waals surface area contributed by atoms with Crippen molar-refractivity contribution in [2.24, 2.45) is 0 Å². The number of rotatable bonds is 8. The molecule has 5 nitrogen and oxygen atoms in total. The van der Waals surface area contributed by atoms with E-state index < -0.39 is 6.04 Å². The van der Waals surface area contributed by atoms with Crippen molar-refractivity contribution in [2.75, 3.05) is 6.61 Å². The van der Waals surface area contributed by atoms with Crippen LogP contribution in [0.5, 0.6) is 5.75 Å². The van der Waals surface area contributed by atoms with Gasteiger partial charge in [0.1, 0.15) is 17.6 Å². The minimum Gasteiger partial charge on any atom is -0.484 e. The van der Waals surface area contributed by atoms with Crippen LogP contribution in [0.25, 0.3) is 0 Å². The topological polar surface area (TPSA) is 58.6 Å². The summed E-state index contributed by atoms with van der Waals surface area (Å²) in [7, 11) is 0. The third-order valence-electron chi connectivity index (χ3n) is 4.25. The summed E-state index contributed by atoms with van der Waals surface area (Å²) in [6.07, 6.45) is 0. The van der Waals surface area contributed by atoms with Gasteiger partial charge in [-0.25, -0.2) is 4.39 Å². The van der Waals surface area contributed by atoms with E-state index >= 15 is 0 Å². The number of nitrogens with one attached hydrogen (secondary N) is 1. The molecule has 0 saturated heterocycles. The number of carbonyl (C=O) groups is 2. The fourth-order valence-corrected chi connectivity index (χ4v) is 2.64. The largest absolute Gasteiger partial charge is 0.484 e. The number of hydrogen-bond donors (Lipinski definition) is 1. The highest BCUT2D eigenvalue weighted by Crippen LogP contribution is 2.14. The van der Waals surface area contributed by atoms with E-state index in [1.165, 1.54) is 17.0 Å². The van der Waals surface area contributed by atoms with Crippen LogP contribution < -0.4 is 10.1 Å². The number of aryl methyl sites for hydroxylation is 1. The molecule has 0 aliphatic rings. The van der Waals surface area contributed by atoms with Gasteiger partial charge < -0.3 is 15.0 Å². The number of nitrogens with zero attached hydrogens (tertiary/aromatic N) is 1. The molecule has 0 heterocycles. The van der Waals surface area contributed by atoms with Gasteiger partial charge in [-0.15, -0.1) is 0 Å². The van der Waals surface area contributed by atoms with Crippen LogP contribution in [-0.4, -0.2) is 35.4 Å². The van der Waals surface area contributed by atoms with Crippen molar-refractivity contribution in [1.29, 1.82) is 0 Å². The molecule has 2 aromatic carbocycles. The van der Waals surface area contributed by atoms with Gasteiger partial charge in [-0.3, -0.25) is 9.59 Å². The number of halogens is 1. The first-order valence-electron chi connectivity index (χ1n) is 9.30. The Labute approximate surface area is 165 Å². The summed E-state index contributed by atoms with van der Waals surface area (Å²) in [5.74, 6) is -0.341. The Balaban J connectivity index is 2.12. The number of carbonyl (C=O) groups excluding carboxylic acids is 2. The van der Waals surface area contributed by atoms with Gasteiger partial charge in [0.25, 0.3) is 5.91 Å². The van der Waals surface area contributed by atoms with Crippen molar-refractivity contribution in [2.45, 2.75) is 46.3 Å². The van der Waals surface area contributed by atoms with Crippen molar-refractivity contribution < 1.29 is 18.7 Å². The molecule has 0 unspecified atom stereocenters. The number of ether oxygens (including phenoxy) is 1. The van der Waals surface area contributed by atoms with Crippen LogP contribution in [0.1, 0.15) is 31.9 Å². The van der Waals surface area contributed by atoms with Crippen molar-refractivity contribution in [1.82, 2.24) is 10.2 Å². The van der Waals surface area contributed by atoms with E-state index in [1.54, 1.807) is 31.2 Å². The lowest BCUT2D eigenvalue weighted by Crippen LogP contribution is -2.50. The van der Waals surface area contributed by atoms with Gasteiger partial charge in [-0.05, 0) is 57.5 Å². The molecule has 6 heteroatoms. The third-order valence-corrected chi connectivity index (χ3v) is 4.25. The second-order valence-electron chi connectivity index (χ2n) is 7.09. The van der Waals surface area contributed by atoms with Gasteiger partial charge in [0.05, 0.1) is 0 Å². The van der Waals surface area contributed by atoms with Crippen molar-refractivity contribution >= 4 is 11.8 Å². The Morgan fingerprint density at radius 3 is 2.21 bits per heavy atom. The third kappa shape index (κ3) is 6.37. The van der Waals surface area contributed by atoms with Crippen LogP contribution in [0.3, 0.4) is 0 Å². The van der Waals surface area contributed by atoms with Crippen molar-refractivity contribution in [3.05, 3.63) is 65.5 Å². The summed E-state index contributed by atoms with van der Waals surface area (Å²) in [5, 5.41) is 2.82. The summed E-state index contributed by atoms with van der Waals surface area (Å²) in [4.78, 5) is 26.7. The number of benzene rings is 2. The highest BCUT2D eigenvalue weighted by atomic mass is 19.1. The van der Waals surface area contributed by atoms with Crippen LogP contribution >= 0.6 is 0 Å². The SMILES string of the molecule is Cc1ccc(OCC(=O)N(Cc2ccc(F)cc2)[C@H](C)C(=O)NC(C)C)cc1. The maximum atomic E-state index is 13.2. The van der Waals surface area contributed by atoms with E-state index in [-0.39, 0.29) is 36.8 Å². The molecule has 0 aromatic heterocycles. The van der Waals surface area contributed by atoms with Crippen molar-refractivity contribution in [3.63, 3.8) is 0 Å². The smallest absolute Gasteiger partial charge is 0.261 e. The summed E-state index contributed by atoms with van der Waals surface area (Å²) in [6.45, 7) is 7.35. The molecule has 2 aromatic rings. The lowest BCUT2D eigenvalue weighted by molar-refractivity contribution is -0.142. The van der Waals surface area contributed by atoms with Crippen LogP contribution in [-0.2, 0) is 16.1 Å². The zero-order valence-corrected chi connectivity index (χ0v) is 16.7. The molecule has 0 spiro atoms. The fourth-order valence-electron chi connectivity index (χ4n) is 2.64. The maximum absolute atomic E-state index is 13.2. The Kier molecular flexibility index (Phi) is 7.55. The quantitative estimate of drug-likeness (QED) is 0.756. The van der Waals surface area contributed by atoms with E-state index in [2.05, 4.69) is 5.32 Å². The molecule has 0 aliphatic heterocycles. The van der Waals surface area contributed by atoms with Crippen LogP contribution in [0.15, 0.2) is 48.5 Å². The second kappa shape index (κ2) is 9.88. The monoisotopic (exact) mass is 386 g/mol. The summed E-state index contributed by atoms with van der Waals surface area (Å²) >= 11 is 0. The van der Waals surface area contributed by atoms with Gasteiger partial charge in [0.15, 0.2) is 6.61 Å². The zero-order valence-electron chi connectivity index (χ0n) is 16.7. The lowest BCUT2D eigenvalue weighted by Gasteiger charge is -2.29. The Morgan fingerprint density at radius 1 is 1.04 bits per heavy atom. The number of amides is 2. The first-order valence-corrected chi connectivity index (χ1v) is 9.30. The standard InChI is InChI=1S/C22H27FN2O3/c1-15(2)24-22(27)17(4)25(13-18-7-9-19(23)10-8-18)21(26)14-28-20-11-5-16(3)6-12-20/h5-12,15,17H,13-14H2,1-4H3,(H,24,27)/t17-/m1/s1. The Bertz CT molecular complexity index is 788. The minimum absolute atomic E-state index is 0.0402. The molecule has 0 bridgehead atoms. The van der Waals surface area contributed by atoms with E-state index in [9.17, 15) is 14.0 Å². The molecule has 2 rings (SSSR count). The Hall–Kier alpha value is -2.89.